The van der Waals surface area contributed by atoms with Crippen molar-refractivity contribution in [2.24, 2.45) is 0 Å². The fourth-order valence-corrected chi connectivity index (χ4v) is 4.23. The highest BCUT2D eigenvalue weighted by Crippen LogP contribution is 2.49. The van der Waals surface area contributed by atoms with Crippen LogP contribution in [0.5, 0.6) is 0 Å². The van der Waals surface area contributed by atoms with Crippen LogP contribution in [-0.4, -0.2) is 18.6 Å². The molecule has 0 aromatic heterocycles. The van der Waals surface area contributed by atoms with Crippen LogP contribution in [0.15, 0.2) is 40.1 Å². The minimum absolute atomic E-state index is 0.192. The molecule has 0 radical (unpaired) electrons. The second-order valence-electron chi connectivity index (χ2n) is 3.66. The topological polar surface area (TPSA) is 0 Å². The van der Waals surface area contributed by atoms with Gasteiger partial charge in [0.1, 0.15) is 0 Å². The molecule has 1 unspecified atom stereocenters. The molecule has 1 heterocycles. The Morgan fingerprint density at radius 1 is 0.944 bits per heavy atom. The minimum atomic E-state index is -2.84. The second kappa shape index (κ2) is 6.02. The molecule has 0 aliphatic carbocycles. The summed E-state index contributed by atoms with van der Waals surface area (Å²) < 4.78 is 50.9. The van der Waals surface area contributed by atoms with E-state index in [1.165, 1.54) is 0 Å². The van der Waals surface area contributed by atoms with E-state index in [-0.39, 0.29) is 5.25 Å². The molecule has 1 atom stereocenters. The maximum Gasteiger partial charge on any atom is 0.270 e. The molecule has 0 bridgehead atoms. The van der Waals surface area contributed by atoms with Gasteiger partial charge >= 0.3 is 0 Å². The molecule has 0 N–H and O–H groups in total. The van der Waals surface area contributed by atoms with Crippen LogP contribution in [0.2, 0.25) is 0 Å². The Bertz CT molecular complexity index is 431. The quantitative estimate of drug-likeness (QED) is 0.723. The van der Waals surface area contributed by atoms with Crippen molar-refractivity contribution in [1.29, 1.82) is 0 Å². The third-order valence-corrected chi connectivity index (χ3v) is 5.39. The van der Waals surface area contributed by atoms with Crippen LogP contribution in [0.3, 0.4) is 0 Å². The standard InChI is InChI=1S/C12H10F4S2/c13-11(14)9-10(12(15)16)18-8(6-17-9)7-4-2-1-3-5-7/h1-5,8,11-12H,6H2. The predicted molar refractivity (Wildman–Crippen MR) is 68.3 cm³/mol. The predicted octanol–water partition coefficient (Wildman–Crippen LogP) is 4.95. The SMILES string of the molecule is FC(F)C1=C(C(F)F)SC(c2ccccc2)CS1. The second-order valence-corrected chi connectivity index (χ2v) is 5.96. The van der Waals surface area contributed by atoms with Crippen molar-refractivity contribution in [1.82, 2.24) is 0 Å². The normalized spacial score (nSPS) is 20.9. The minimum Gasteiger partial charge on any atom is -0.204 e. The van der Waals surface area contributed by atoms with Crippen LogP contribution in [0.25, 0.3) is 0 Å². The van der Waals surface area contributed by atoms with Crippen molar-refractivity contribution in [2.75, 3.05) is 5.75 Å². The van der Waals surface area contributed by atoms with Gasteiger partial charge in [-0.2, -0.15) is 0 Å². The van der Waals surface area contributed by atoms with Gasteiger partial charge in [-0.3, -0.25) is 0 Å². The monoisotopic (exact) mass is 294 g/mol. The zero-order chi connectivity index (χ0) is 13.1. The lowest BCUT2D eigenvalue weighted by Gasteiger charge is -2.26. The number of hydrogen-bond acceptors (Lipinski definition) is 2. The Morgan fingerprint density at radius 2 is 1.56 bits per heavy atom. The van der Waals surface area contributed by atoms with Gasteiger partial charge < -0.3 is 0 Å². The van der Waals surface area contributed by atoms with Crippen LogP contribution >= 0.6 is 23.5 Å². The van der Waals surface area contributed by atoms with Gasteiger partial charge in [0, 0.05) is 11.0 Å². The first-order valence-electron chi connectivity index (χ1n) is 5.24. The smallest absolute Gasteiger partial charge is 0.204 e. The number of halogens is 4. The fourth-order valence-electron chi connectivity index (χ4n) is 1.64. The highest BCUT2D eigenvalue weighted by atomic mass is 32.2. The third kappa shape index (κ3) is 3.03. The molecule has 0 saturated heterocycles. The summed E-state index contributed by atoms with van der Waals surface area (Å²) in [5, 5.41) is -0.192. The number of hydrogen-bond donors (Lipinski definition) is 0. The van der Waals surface area contributed by atoms with Crippen LogP contribution < -0.4 is 0 Å². The molecule has 1 aromatic rings. The lowest BCUT2D eigenvalue weighted by atomic mass is 10.2. The zero-order valence-electron chi connectivity index (χ0n) is 9.15. The number of benzene rings is 1. The molecule has 0 nitrogen and oxygen atoms in total. The number of thioether (sulfide) groups is 2. The Hall–Kier alpha value is -0.620. The molecule has 2 rings (SSSR count). The molecule has 1 aliphatic heterocycles. The third-order valence-electron chi connectivity index (χ3n) is 2.47. The van der Waals surface area contributed by atoms with Gasteiger partial charge in [-0.25, -0.2) is 17.6 Å². The first-order valence-corrected chi connectivity index (χ1v) is 7.11. The van der Waals surface area contributed by atoms with E-state index < -0.39 is 22.7 Å². The van der Waals surface area contributed by atoms with E-state index in [9.17, 15) is 17.6 Å². The Labute approximate surface area is 111 Å². The van der Waals surface area contributed by atoms with E-state index in [0.717, 1.165) is 29.1 Å². The summed E-state index contributed by atoms with van der Waals surface area (Å²) in [7, 11) is 0. The van der Waals surface area contributed by atoms with Crippen molar-refractivity contribution < 1.29 is 17.6 Å². The maximum absolute atomic E-state index is 12.8. The van der Waals surface area contributed by atoms with Gasteiger partial charge in [0.2, 0.25) is 0 Å². The average Bonchev–Trinajstić information content (AvgIpc) is 2.39. The molecule has 6 heteroatoms. The summed E-state index contributed by atoms with van der Waals surface area (Å²) in [6, 6.07) is 9.12. The number of rotatable bonds is 3. The van der Waals surface area contributed by atoms with E-state index in [2.05, 4.69) is 0 Å². The fraction of sp³-hybridized carbons (Fsp3) is 0.333. The van der Waals surface area contributed by atoms with Gasteiger partial charge in [-0.05, 0) is 5.56 Å². The first kappa shape index (κ1) is 13.8. The van der Waals surface area contributed by atoms with Crippen LogP contribution in [0.4, 0.5) is 17.6 Å². The van der Waals surface area contributed by atoms with E-state index in [1.807, 2.05) is 30.3 Å². The van der Waals surface area contributed by atoms with E-state index in [1.54, 1.807) is 0 Å². The van der Waals surface area contributed by atoms with Crippen LogP contribution in [0.1, 0.15) is 10.8 Å². The highest BCUT2D eigenvalue weighted by Gasteiger charge is 2.32. The van der Waals surface area contributed by atoms with Crippen molar-refractivity contribution in [3.8, 4) is 0 Å². The molecule has 0 amide bonds. The molecule has 18 heavy (non-hydrogen) atoms. The average molecular weight is 294 g/mol. The summed E-state index contributed by atoms with van der Waals surface area (Å²) in [5.74, 6) is 0.393. The Kier molecular flexibility index (Phi) is 4.61. The number of alkyl halides is 4. The van der Waals surface area contributed by atoms with Gasteiger partial charge in [-0.15, -0.1) is 23.5 Å². The van der Waals surface area contributed by atoms with E-state index in [4.69, 9.17) is 0 Å². The van der Waals surface area contributed by atoms with Gasteiger partial charge in [0.05, 0.1) is 9.81 Å². The van der Waals surface area contributed by atoms with Crippen molar-refractivity contribution in [3.63, 3.8) is 0 Å². The first-order chi connectivity index (χ1) is 8.59. The summed E-state index contributed by atoms with van der Waals surface area (Å²) in [5.41, 5.74) is 0.890. The molecule has 1 aliphatic rings. The summed E-state index contributed by atoms with van der Waals surface area (Å²) >= 11 is 1.70. The van der Waals surface area contributed by atoms with Crippen molar-refractivity contribution in [2.45, 2.75) is 18.1 Å². The summed E-state index contributed by atoms with van der Waals surface area (Å²) in [4.78, 5) is -0.947. The highest BCUT2D eigenvalue weighted by molar-refractivity contribution is 8.10. The van der Waals surface area contributed by atoms with Gasteiger partial charge in [0.15, 0.2) is 0 Å². The maximum atomic E-state index is 12.8. The molecule has 98 valence electrons. The van der Waals surface area contributed by atoms with Crippen molar-refractivity contribution in [3.05, 3.63) is 45.7 Å². The summed E-state index contributed by atoms with van der Waals surface area (Å²) in [6.45, 7) is 0. The van der Waals surface area contributed by atoms with Crippen molar-refractivity contribution >= 4 is 23.5 Å². The Morgan fingerprint density at radius 3 is 2.11 bits per heavy atom. The van der Waals surface area contributed by atoms with Crippen LogP contribution in [0, 0.1) is 0 Å². The molecule has 0 spiro atoms. The Balaban J connectivity index is 2.23. The molecular formula is C12H10F4S2. The molecule has 0 saturated carbocycles. The summed E-state index contributed by atoms with van der Waals surface area (Å²) in [6.07, 6.45) is -5.65. The van der Waals surface area contributed by atoms with Crippen LogP contribution in [-0.2, 0) is 0 Å². The van der Waals surface area contributed by atoms with E-state index >= 15 is 0 Å². The van der Waals surface area contributed by atoms with E-state index in [0.29, 0.717) is 5.75 Å². The molecular weight excluding hydrogens is 284 g/mol. The van der Waals surface area contributed by atoms with Gasteiger partial charge in [0.25, 0.3) is 12.9 Å². The lowest BCUT2D eigenvalue weighted by molar-refractivity contribution is 0.178. The lowest BCUT2D eigenvalue weighted by Crippen LogP contribution is -2.12. The zero-order valence-corrected chi connectivity index (χ0v) is 10.8. The molecule has 1 aromatic carbocycles. The largest absolute Gasteiger partial charge is 0.270 e. The number of allylic oxidation sites excluding steroid dienone is 2. The van der Waals surface area contributed by atoms with Gasteiger partial charge in [-0.1, -0.05) is 30.3 Å². The molecule has 0 fully saturated rings.